The fraction of sp³-hybridized carbons (Fsp3) is 0.667. The van der Waals surface area contributed by atoms with Gasteiger partial charge in [-0.2, -0.15) is 13.2 Å². The fourth-order valence-corrected chi connectivity index (χ4v) is 2.17. The first-order valence-electron chi connectivity index (χ1n) is 5.82. The van der Waals surface area contributed by atoms with Crippen molar-refractivity contribution in [3.05, 3.63) is 21.9 Å². The molecule has 0 aliphatic heterocycles. The lowest BCUT2D eigenvalue weighted by Gasteiger charge is -2.06. The molecule has 1 heterocycles. The Hall–Kier alpha value is -0.590. The molecule has 0 saturated carbocycles. The van der Waals surface area contributed by atoms with E-state index in [0.717, 1.165) is 16.3 Å². The fourth-order valence-electron chi connectivity index (χ4n) is 1.26. The van der Waals surface area contributed by atoms with Gasteiger partial charge < -0.3 is 10.1 Å². The Morgan fingerprint density at radius 1 is 1.28 bits per heavy atom. The zero-order chi connectivity index (χ0) is 13.6. The van der Waals surface area contributed by atoms with Gasteiger partial charge in [0, 0.05) is 22.3 Å². The van der Waals surface area contributed by atoms with E-state index in [9.17, 15) is 13.2 Å². The van der Waals surface area contributed by atoms with Gasteiger partial charge in [0.05, 0.1) is 19.6 Å². The average molecular weight is 281 g/mol. The standard InChI is InChI=1S/C12H18F3NOS/c1-9(2)16-7-10-3-4-11(18-10)8-17-6-5-12(13,14)15/h3-4,9,16H,5-8H2,1-2H3. The first kappa shape index (κ1) is 15.5. The summed E-state index contributed by atoms with van der Waals surface area (Å²) in [6.45, 7) is 4.89. The minimum Gasteiger partial charge on any atom is -0.376 e. The monoisotopic (exact) mass is 281 g/mol. The van der Waals surface area contributed by atoms with Crippen LogP contribution in [0.2, 0.25) is 0 Å². The Labute approximate surface area is 109 Å². The number of rotatable bonds is 7. The molecule has 1 aromatic heterocycles. The summed E-state index contributed by atoms with van der Waals surface area (Å²) in [5.74, 6) is 0. The molecule has 0 fully saturated rings. The van der Waals surface area contributed by atoms with Gasteiger partial charge in [-0.1, -0.05) is 13.8 Å². The van der Waals surface area contributed by atoms with E-state index in [1.165, 1.54) is 0 Å². The molecule has 104 valence electrons. The zero-order valence-electron chi connectivity index (χ0n) is 10.5. The van der Waals surface area contributed by atoms with Gasteiger partial charge in [0.25, 0.3) is 0 Å². The molecule has 0 aliphatic carbocycles. The maximum atomic E-state index is 11.9. The van der Waals surface area contributed by atoms with Crippen molar-refractivity contribution in [2.75, 3.05) is 6.61 Å². The van der Waals surface area contributed by atoms with Crippen LogP contribution in [0.4, 0.5) is 13.2 Å². The van der Waals surface area contributed by atoms with Crippen LogP contribution in [-0.2, 0) is 17.9 Å². The molecule has 1 aromatic rings. The zero-order valence-corrected chi connectivity index (χ0v) is 11.3. The van der Waals surface area contributed by atoms with Gasteiger partial charge >= 0.3 is 6.18 Å². The third-order valence-electron chi connectivity index (χ3n) is 2.18. The van der Waals surface area contributed by atoms with Crippen LogP contribution in [0.15, 0.2) is 12.1 Å². The third kappa shape index (κ3) is 6.98. The number of nitrogens with one attached hydrogen (secondary N) is 1. The van der Waals surface area contributed by atoms with Crippen molar-refractivity contribution >= 4 is 11.3 Å². The van der Waals surface area contributed by atoms with Crippen molar-refractivity contribution < 1.29 is 17.9 Å². The number of halogens is 3. The van der Waals surface area contributed by atoms with E-state index in [2.05, 4.69) is 19.2 Å². The highest BCUT2D eigenvalue weighted by atomic mass is 32.1. The summed E-state index contributed by atoms with van der Waals surface area (Å²) in [4.78, 5) is 2.12. The third-order valence-corrected chi connectivity index (χ3v) is 3.23. The lowest BCUT2D eigenvalue weighted by Crippen LogP contribution is -2.21. The second kappa shape index (κ2) is 7.11. The normalized spacial score (nSPS) is 12.3. The lowest BCUT2D eigenvalue weighted by atomic mass is 10.3. The van der Waals surface area contributed by atoms with Crippen molar-refractivity contribution in [1.29, 1.82) is 0 Å². The molecule has 0 radical (unpaired) electrons. The molecule has 1 N–H and O–H groups in total. The SMILES string of the molecule is CC(C)NCc1ccc(COCCC(F)(F)F)s1. The first-order valence-corrected chi connectivity index (χ1v) is 6.64. The molecule has 0 aromatic carbocycles. The summed E-state index contributed by atoms with van der Waals surface area (Å²) >= 11 is 1.56. The van der Waals surface area contributed by atoms with Crippen LogP contribution in [0.25, 0.3) is 0 Å². The Kier molecular flexibility index (Phi) is 6.11. The van der Waals surface area contributed by atoms with E-state index in [1.54, 1.807) is 11.3 Å². The Balaban J connectivity index is 2.23. The van der Waals surface area contributed by atoms with E-state index in [4.69, 9.17) is 4.74 Å². The van der Waals surface area contributed by atoms with E-state index in [-0.39, 0.29) is 13.2 Å². The molecule has 0 aliphatic rings. The van der Waals surface area contributed by atoms with E-state index >= 15 is 0 Å². The van der Waals surface area contributed by atoms with E-state index < -0.39 is 12.6 Å². The summed E-state index contributed by atoms with van der Waals surface area (Å²) in [5.41, 5.74) is 0. The quantitative estimate of drug-likeness (QED) is 0.769. The number of hydrogen-bond acceptors (Lipinski definition) is 3. The van der Waals surface area contributed by atoms with Crippen molar-refractivity contribution in [1.82, 2.24) is 5.32 Å². The van der Waals surface area contributed by atoms with Crippen LogP contribution in [0.3, 0.4) is 0 Å². The molecule has 0 saturated heterocycles. The molecule has 18 heavy (non-hydrogen) atoms. The highest BCUT2D eigenvalue weighted by Crippen LogP contribution is 2.21. The molecule has 1 rings (SSSR count). The smallest absolute Gasteiger partial charge is 0.376 e. The first-order chi connectivity index (χ1) is 8.37. The molecule has 2 nitrogen and oxygen atoms in total. The number of ether oxygens (including phenoxy) is 1. The van der Waals surface area contributed by atoms with Crippen LogP contribution < -0.4 is 5.32 Å². The Bertz CT molecular complexity index is 349. The van der Waals surface area contributed by atoms with Gasteiger partial charge in [-0.25, -0.2) is 0 Å². The summed E-state index contributed by atoms with van der Waals surface area (Å²) in [7, 11) is 0. The minimum absolute atomic E-state index is 0.252. The van der Waals surface area contributed by atoms with Crippen LogP contribution in [0.1, 0.15) is 30.0 Å². The average Bonchev–Trinajstić information content (AvgIpc) is 2.68. The second-order valence-electron chi connectivity index (χ2n) is 4.32. The topological polar surface area (TPSA) is 21.3 Å². The van der Waals surface area contributed by atoms with Crippen LogP contribution >= 0.6 is 11.3 Å². The van der Waals surface area contributed by atoms with Crippen molar-refractivity contribution in [2.45, 2.75) is 45.6 Å². The molecule has 0 unspecified atom stereocenters. The number of hydrogen-bond donors (Lipinski definition) is 1. The molecule has 0 amide bonds. The lowest BCUT2D eigenvalue weighted by molar-refractivity contribution is -0.145. The van der Waals surface area contributed by atoms with Crippen LogP contribution in [-0.4, -0.2) is 18.8 Å². The van der Waals surface area contributed by atoms with Gasteiger partial charge in [-0.3, -0.25) is 0 Å². The van der Waals surface area contributed by atoms with Crippen LogP contribution in [0, 0.1) is 0 Å². The van der Waals surface area contributed by atoms with Gasteiger partial charge in [-0.05, 0) is 12.1 Å². The van der Waals surface area contributed by atoms with Crippen LogP contribution in [0.5, 0.6) is 0 Å². The van der Waals surface area contributed by atoms with Gasteiger partial charge in [0.2, 0.25) is 0 Å². The van der Waals surface area contributed by atoms with Crippen molar-refractivity contribution in [2.24, 2.45) is 0 Å². The van der Waals surface area contributed by atoms with Crippen molar-refractivity contribution in [3.8, 4) is 0 Å². The van der Waals surface area contributed by atoms with Gasteiger partial charge in [-0.15, -0.1) is 11.3 Å². The second-order valence-corrected chi connectivity index (χ2v) is 5.57. The van der Waals surface area contributed by atoms with E-state index in [0.29, 0.717) is 6.04 Å². The molecular weight excluding hydrogens is 263 g/mol. The number of thiophene rings is 1. The summed E-state index contributed by atoms with van der Waals surface area (Å²) in [6.07, 6.45) is -5.03. The highest BCUT2D eigenvalue weighted by molar-refractivity contribution is 7.11. The largest absolute Gasteiger partial charge is 0.391 e. The predicted octanol–water partition coefficient (Wildman–Crippen LogP) is 3.72. The summed E-state index contributed by atoms with van der Waals surface area (Å²) < 4.78 is 40.6. The van der Waals surface area contributed by atoms with Crippen molar-refractivity contribution in [3.63, 3.8) is 0 Å². The van der Waals surface area contributed by atoms with Gasteiger partial charge in [0.1, 0.15) is 0 Å². The maximum absolute atomic E-state index is 11.9. The Morgan fingerprint density at radius 3 is 2.56 bits per heavy atom. The molecule has 6 heteroatoms. The maximum Gasteiger partial charge on any atom is 0.391 e. The molecule has 0 bridgehead atoms. The van der Waals surface area contributed by atoms with Gasteiger partial charge in [0.15, 0.2) is 0 Å². The number of alkyl halides is 3. The highest BCUT2D eigenvalue weighted by Gasteiger charge is 2.26. The molecule has 0 spiro atoms. The van der Waals surface area contributed by atoms with E-state index in [1.807, 2.05) is 12.1 Å². The Morgan fingerprint density at radius 2 is 1.94 bits per heavy atom. The summed E-state index contributed by atoms with van der Waals surface area (Å²) in [5, 5.41) is 3.28. The molecular formula is C12H18F3NOS. The predicted molar refractivity (Wildman–Crippen MR) is 66.6 cm³/mol. The molecule has 0 atom stereocenters. The minimum atomic E-state index is -4.14. The summed E-state index contributed by atoms with van der Waals surface area (Å²) in [6, 6.07) is 4.29.